The van der Waals surface area contributed by atoms with Gasteiger partial charge in [0.15, 0.2) is 0 Å². The number of benzene rings is 3. The Morgan fingerprint density at radius 1 is 1.06 bits per heavy atom. The van der Waals surface area contributed by atoms with E-state index in [1.807, 2.05) is 41.0 Å². The number of halogens is 1. The number of hydrogen-bond donors (Lipinski definition) is 1. The Morgan fingerprint density at radius 3 is 2.44 bits per heavy atom. The summed E-state index contributed by atoms with van der Waals surface area (Å²) in [6.07, 6.45) is 1.54. The first-order valence-electron chi connectivity index (χ1n) is 9.83. The van der Waals surface area contributed by atoms with Gasteiger partial charge in [-0.15, -0.1) is 0 Å². The molecule has 7 nitrogen and oxygen atoms in total. The van der Waals surface area contributed by atoms with Gasteiger partial charge in [-0.05, 0) is 48.5 Å². The molecule has 8 heteroatoms. The van der Waals surface area contributed by atoms with Gasteiger partial charge in [0.1, 0.15) is 23.9 Å². The Balaban J connectivity index is 1.56. The highest BCUT2D eigenvalue weighted by molar-refractivity contribution is 6.30. The molecule has 0 spiro atoms. The van der Waals surface area contributed by atoms with Gasteiger partial charge >= 0.3 is 0 Å². The quantitative estimate of drug-likeness (QED) is 0.333. The van der Waals surface area contributed by atoms with E-state index >= 15 is 0 Å². The normalized spacial score (nSPS) is 11.1. The van der Waals surface area contributed by atoms with Gasteiger partial charge in [0.25, 0.3) is 5.91 Å². The summed E-state index contributed by atoms with van der Waals surface area (Å²) in [6.45, 7) is 0.0528. The number of hydrazone groups is 1. The lowest BCUT2D eigenvalue weighted by Gasteiger charge is -2.09. The lowest BCUT2D eigenvalue weighted by Crippen LogP contribution is -2.23. The van der Waals surface area contributed by atoms with Crippen LogP contribution < -0.4 is 14.9 Å². The SMILES string of the molecule is COc1cc(/C=N\NC(=O)Cn2c(-c3ccc(Cl)cc3)nc3ccccc32)cc(OC)c1. The number of ether oxygens (including phenoxy) is 2. The van der Waals surface area contributed by atoms with E-state index in [1.54, 1.807) is 44.6 Å². The van der Waals surface area contributed by atoms with Crippen molar-refractivity contribution < 1.29 is 14.3 Å². The molecule has 32 heavy (non-hydrogen) atoms. The molecule has 0 bridgehead atoms. The molecule has 4 rings (SSSR count). The van der Waals surface area contributed by atoms with E-state index in [-0.39, 0.29) is 12.5 Å². The Kier molecular flexibility index (Phi) is 6.37. The highest BCUT2D eigenvalue weighted by Crippen LogP contribution is 2.26. The molecule has 1 heterocycles. The number of nitrogens with zero attached hydrogens (tertiary/aromatic N) is 3. The molecular weight excluding hydrogens is 428 g/mol. The predicted octanol–water partition coefficient (Wildman–Crippen LogP) is 4.52. The highest BCUT2D eigenvalue weighted by atomic mass is 35.5. The summed E-state index contributed by atoms with van der Waals surface area (Å²) >= 11 is 6.02. The van der Waals surface area contributed by atoms with Crippen molar-refractivity contribution in [1.82, 2.24) is 15.0 Å². The smallest absolute Gasteiger partial charge is 0.260 e. The summed E-state index contributed by atoms with van der Waals surface area (Å²) in [6, 6.07) is 20.4. The Morgan fingerprint density at radius 2 is 1.75 bits per heavy atom. The number of nitrogens with one attached hydrogen (secondary N) is 1. The van der Waals surface area contributed by atoms with E-state index < -0.39 is 0 Å². The monoisotopic (exact) mass is 448 g/mol. The fourth-order valence-corrected chi connectivity index (χ4v) is 3.44. The van der Waals surface area contributed by atoms with Crippen LogP contribution in [-0.2, 0) is 11.3 Å². The van der Waals surface area contributed by atoms with Crippen molar-refractivity contribution in [3.63, 3.8) is 0 Å². The topological polar surface area (TPSA) is 77.7 Å². The third-order valence-corrected chi connectivity index (χ3v) is 5.09. The fourth-order valence-electron chi connectivity index (χ4n) is 3.32. The first kappa shape index (κ1) is 21.4. The highest BCUT2D eigenvalue weighted by Gasteiger charge is 2.15. The minimum atomic E-state index is -0.283. The maximum atomic E-state index is 12.7. The van der Waals surface area contributed by atoms with E-state index in [1.165, 1.54) is 6.21 Å². The van der Waals surface area contributed by atoms with E-state index in [0.29, 0.717) is 22.3 Å². The van der Waals surface area contributed by atoms with Crippen LogP contribution in [0.1, 0.15) is 5.56 Å². The van der Waals surface area contributed by atoms with Gasteiger partial charge in [0.2, 0.25) is 0 Å². The Bertz CT molecular complexity index is 1260. The Hall–Kier alpha value is -3.84. The third-order valence-electron chi connectivity index (χ3n) is 4.84. The second kappa shape index (κ2) is 9.53. The Labute approximate surface area is 190 Å². The van der Waals surface area contributed by atoms with Gasteiger partial charge in [0, 0.05) is 22.2 Å². The maximum absolute atomic E-state index is 12.7. The van der Waals surface area contributed by atoms with Gasteiger partial charge in [-0.25, -0.2) is 10.4 Å². The first-order chi connectivity index (χ1) is 15.6. The van der Waals surface area contributed by atoms with Crippen molar-refractivity contribution in [2.24, 2.45) is 5.10 Å². The molecule has 162 valence electrons. The molecule has 0 radical (unpaired) electrons. The number of aromatic nitrogens is 2. The standard InChI is InChI=1S/C24H21ClN4O3/c1-31-19-11-16(12-20(13-19)32-2)14-26-28-23(30)15-29-22-6-4-3-5-21(22)27-24(29)17-7-9-18(25)10-8-17/h3-14H,15H2,1-2H3,(H,28,30)/b26-14-. The average Bonchev–Trinajstić information content (AvgIpc) is 3.17. The van der Waals surface area contributed by atoms with Crippen molar-refractivity contribution in [3.8, 4) is 22.9 Å². The van der Waals surface area contributed by atoms with Crippen molar-refractivity contribution in [1.29, 1.82) is 0 Å². The summed E-state index contributed by atoms with van der Waals surface area (Å²) in [5.41, 5.74) is 5.83. The number of methoxy groups -OCH3 is 2. The molecule has 3 aromatic carbocycles. The molecule has 0 aliphatic carbocycles. The van der Waals surface area contributed by atoms with Crippen LogP contribution in [0.2, 0.25) is 5.02 Å². The lowest BCUT2D eigenvalue weighted by atomic mass is 10.2. The summed E-state index contributed by atoms with van der Waals surface area (Å²) in [5.74, 6) is 1.67. The number of carbonyl (C=O) groups is 1. The van der Waals surface area contributed by atoms with Crippen molar-refractivity contribution >= 4 is 34.8 Å². The van der Waals surface area contributed by atoms with Crippen molar-refractivity contribution in [3.05, 3.63) is 77.3 Å². The molecule has 4 aromatic rings. The molecule has 0 fully saturated rings. The van der Waals surface area contributed by atoms with Crippen LogP contribution in [0.15, 0.2) is 71.8 Å². The van der Waals surface area contributed by atoms with Crippen LogP contribution in [0, 0.1) is 0 Å². The summed E-state index contributed by atoms with van der Waals surface area (Å²) in [5, 5.41) is 4.72. The van der Waals surface area contributed by atoms with Gasteiger partial charge < -0.3 is 14.0 Å². The molecule has 1 aromatic heterocycles. The zero-order chi connectivity index (χ0) is 22.5. The zero-order valence-corrected chi connectivity index (χ0v) is 18.3. The number of hydrogen-bond acceptors (Lipinski definition) is 5. The molecule has 0 unspecified atom stereocenters. The molecule has 0 aliphatic rings. The van der Waals surface area contributed by atoms with Crippen LogP contribution in [0.25, 0.3) is 22.4 Å². The summed E-state index contributed by atoms with van der Waals surface area (Å²) < 4.78 is 12.4. The molecule has 0 saturated carbocycles. The molecule has 0 saturated heterocycles. The van der Waals surface area contributed by atoms with Crippen LogP contribution >= 0.6 is 11.6 Å². The molecule has 1 amide bonds. The number of para-hydroxylation sites is 2. The summed E-state index contributed by atoms with van der Waals surface area (Å²) in [7, 11) is 3.15. The average molecular weight is 449 g/mol. The second-order valence-corrected chi connectivity index (χ2v) is 7.39. The molecule has 0 aliphatic heterocycles. The number of rotatable bonds is 7. The van der Waals surface area contributed by atoms with Crippen molar-refractivity contribution in [2.75, 3.05) is 14.2 Å². The molecule has 1 N–H and O–H groups in total. The zero-order valence-electron chi connectivity index (χ0n) is 17.6. The van der Waals surface area contributed by atoms with E-state index in [0.717, 1.165) is 22.2 Å². The summed E-state index contributed by atoms with van der Waals surface area (Å²) in [4.78, 5) is 17.4. The largest absolute Gasteiger partial charge is 0.497 e. The lowest BCUT2D eigenvalue weighted by molar-refractivity contribution is -0.121. The fraction of sp³-hybridized carbons (Fsp3) is 0.125. The van der Waals surface area contributed by atoms with Gasteiger partial charge in [0.05, 0.1) is 31.5 Å². The predicted molar refractivity (Wildman–Crippen MR) is 125 cm³/mol. The van der Waals surface area contributed by atoms with Crippen LogP contribution in [-0.4, -0.2) is 35.9 Å². The number of carbonyl (C=O) groups excluding carboxylic acids is 1. The molecule has 0 atom stereocenters. The first-order valence-corrected chi connectivity index (χ1v) is 10.2. The van der Waals surface area contributed by atoms with Crippen LogP contribution in [0.3, 0.4) is 0 Å². The van der Waals surface area contributed by atoms with Crippen molar-refractivity contribution in [2.45, 2.75) is 6.54 Å². The maximum Gasteiger partial charge on any atom is 0.260 e. The second-order valence-electron chi connectivity index (χ2n) is 6.96. The number of fused-ring (bicyclic) bond motifs is 1. The number of imidazole rings is 1. The van der Waals surface area contributed by atoms with E-state index in [9.17, 15) is 4.79 Å². The molecular formula is C24H21ClN4O3. The third kappa shape index (κ3) is 4.73. The number of amides is 1. The van der Waals surface area contributed by atoms with Crippen LogP contribution in [0.4, 0.5) is 0 Å². The van der Waals surface area contributed by atoms with Crippen LogP contribution in [0.5, 0.6) is 11.5 Å². The van der Waals surface area contributed by atoms with Gasteiger partial charge in [-0.1, -0.05) is 23.7 Å². The minimum absolute atomic E-state index is 0.0528. The van der Waals surface area contributed by atoms with Gasteiger partial charge in [-0.3, -0.25) is 4.79 Å². The van der Waals surface area contributed by atoms with Gasteiger partial charge in [-0.2, -0.15) is 5.10 Å². The minimum Gasteiger partial charge on any atom is -0.497 e. The van der Waals surface area contributed by atoms with E-state index in [2.05, 4.69) is 10.5 Å². The van der Waals surface area contributed by atoms with E-state index in [4.69, 9.17) is 26.1 Å².